The minimum atomic E-state index is -1.07. The maximum Gasteiger partial charge on any atom is 0.340 e. The van der Waals surface area contributed by atoms with Gasteiger partial charge in [0.1, 0.15) is 0 Å². The molecule has 0 spiro atoms. The molecule has 3 amide bonds. The quantitative estimate of drug-likeness (QED) is 0.804. The van der Waals surface area contributed by atoms with Crippen molar-refractivity contribution in [3.63, 3.8) is 0 Å². The molecule has 1 aliphatic carbocycles. The van der Waals surface area contributed by atoms with Crippen LogP contribution >= 0.6 is 0 Å². The summed E-state index contributed by atoms with van der Waals surface area (Å²) in [5.41, 5.74) is 1.02. The fourth-order valence-electron chi connectivity index (χ4n) is 1.53. The lowest BCUT2D eigenvalue weighted by Crippen LogP contribution is -2.45. The van der Waals surface area contributed by atoms with Crippen molar-refractivity contribution in [3.05, 3.63) is 29.6 Å². The molecular weight excluding hydrogens is 274 g/mol. The molecule has 0 saturated heterocycles. The molecular formula is C14H17N3O4. The number of aryl methyl sites for hydroxylation is 1. The third kappa shape index (κ3) is 4.55. The molecule has 0 aromatic carbocycles. The van der Waals surface area contributed by atoms with Gasteiger partial charge in [-0.3, -0.25) is 15.1 Å². The molecule has 1 aromatic heterocycles. The molecule has 7 nitrogen and oxygen atoms in total. The van der Waals surface area contributed by atoms with Crippen LogP contribution in [0.4, 0.5) is 4.79 Å². The van der Waals surface area contributed by atoms with E-state index in [2.05, 4.69) is 15.6 Å². The second-order valence-electron chi connectivity index (χ2n) is 4.97. The number of hydrogen-bond donors (Lipinski definition) is 2. The average Bonchev–Trinajstić information content (AvgIpc) is 3.22. The van der Waals surface area contributed by atoms with Gasteiger partial charge in [0.15, 0.2) is 6.10 Å². The van der Waals surface area contributed by atoms with Gasteiger partial charge in [-0.15, -0.1) is 0 Å². The van der Waals surface area contributed by atoms with Gasteiger partial charge in [0, 0.05) is 17.9 Å². The number of nitrogens with zero attached hydrogens (tertiary/aromatic N) is 1. The smallest absolute Gasteiger partial charge is 0.340 e. The standard InChI is InChI=1S/C14H17N3O4/c1-8-3-4-10(7-15-8)13(19)21-9(2)12(18)17-14(20)16-11-5-6-11/h3-4,7,9,11H,5-6H2,1-2H3,(H2,16,17,18,20)/t9-/m0/s1. The van der Waals surface area contributed by atoms with E-state index in [9.17, 15) is 14.4 Å². The monoisotopic (exact) mass is 291 g/mol. The fourth-order valence-corrected chi connectivity index (χ4v) is 1.53. The number of rotatable bonds is 4. The van der Waals surface area contributed by atoms with E-state index in [0.29, 0.717) is 0 Å². The number of ether oxygens (including phenoxy) is 1. The SMILES string of the molecule is Cc1ccc(C(=O)O[C@@H](C)C(=O)NC(=O)NC2CC2)cn1. The third-order valence-corrected chi connectivity index (χ3v) is 2.95. The Balaban J connectivity index is 1.83. The van der Waals surface area contributed by atoms with Crippen LogP contribution in [-0.4, -0.2) is 35.0 Å². The normalized spacial score (nSPS) is 15.0. The molecule has 1 atom stereocenters. The second-order valence-corrected chi connectivity index (χ2v) is 4.97. The third-order valence-electron chi connectivity index (χ3n) is 2.95. The molecule has 21 heavy (non-hydrogen) atoms. The van der Waals surface area contributed by atoms with Crippen molar-refractivity contribution < 1.29 is 19.1 Å². The van der Waals surface area contributed by atoms with Crippen LogP contribution in [-0.2, 0) is 9.53 Å². The number of carbonyl (C=O) groups excluding carboxylic acids is 3. The van der Waals surface area contributed by atoms with Crippen molar-refractivity contribution in [2.45, 2.75) is 38.8 Å². The summed E-state index contributed by atoms with van der Waals surface area (Å²) in [5.74, 6) is -1.32. The molecule has 112 valence electrons. The molecule has 0 radical (unpaired) electrons. The Morgan fingerprint density at radius 1 is 1.33 bits per heavy atom. The van der Waals surface area contributed by atoms with Gasteiger partial charge in [0.2, 0.25) is 0 Å². The van der Waals surface area contributed by atoms with E-state index >= 15 is 0 Å². The highest BCUT2D eigenvalue weighted by molar-refractivity contribution is 5.98. The van der Waals surface area contributed by atoms with Gasteiger partial charge in [-0.1, -0.05) is 0 Å². The highest BCUT2D eigenvalue weighted by Gasteiger charge is 2.26. The Bertz CT molecular complexity index is 552. The van der Waals surface area contributed by atoms with E-state index in [0.717, 1.165) is 18.5 Å². The number of urea groups is 1. The summed E-state index contributed by atoms with van der Waals surface area (Å²) in [6, 6.07) is 2.82. The van der Waals surface area contributed by atoms with Crippen molar-refractivity contribution in [1.82, 2.24) is 15.6 Å². The van der Waals surface area contributed by atoms with Crippen molar-refractivity contribution in [3.8, 4) is 0 Å². The Kier molecular flexibility index (Phi) is 4.52. The van der Waals surface area contributed by atoms with Crippen LogP contribution in [0.5, 0.6) is 0 Å². The second kappa shape index (κ2) is 6.34. The van der Waals surface area contributed by atoms with Crippen molar-refractivity contribution >= 4 is 17.9 Å². The van der Waals surface area contributed by atoms with Gasteiger partial charge < -0.3 is 10.1 Å². The first-order valence-electron chi connectivity index (χ1n) is 6.70. The number of pyridine rings is 1. The lowest BCUT2D eigenvalue weighted by Gasteiger charge is -2.13. The van der Waals surface area contributed by atoms with Gasteiger partial charge in [0.25, 0.3) is 5.91 Å². The summed E-state index contributed by atoms with van der Waals surface area (Å²) in [4.78, 5) is 38.9. The summed E-state index contributed by atoms with van der Waals surface area (Å²) in [7, 11) is 0. The maximum absolute atomic E-state index is 11.8. The Morgan fingerprint density at radius 2 is 2.05 bits per heavy atom. The molecule has 1 fully saturated rings. The number of carbonyl (C=O) groups is 3. The summed E-state index contributed by atoms with van der Waals surface area (Å²) < 4.78 is 4.99. The minimum Gasteiger partial charge on any atom is -0.449 e. The van der Waals surface area contributed by atoms with E-state index in [4.69, 9.17) is 4.74 Å². The lowest BCUT2D eigenvalue weighted by atomic mass is 10.2. The van der Waals surface area contributed by atoms with Gasteiger partial charge in [-0.05, 0) is 38.8 Å². The van der Waals surface area contributed by atoms with Crippen molar-refractivity contribution in [2.75, 3.05) is 0 Å². The van der Waals surface area contributed by atoms with Gasteiger partial charge in [-0.25, -0.2) is 9.59 Å². The highest BCUT2D eigenvalue weighted by Crippen LogP contribution is 2.18. The van der Waals surface area contributed by atoms with Crippen LogP contribution in [0.1, 0.15) is 35.8 Å². The van der Waals surface area contributed by atoms with Crippen LogP contribution in [0.25, 0.3) is 0 Å². The van der Waals surface area contributed by atoms with Crippen LogP contribution in [0.15, 0.2) is 18.3 Å². The van der Waals surface area contributed by atoms with Crippen LogP contribution < -0.4 is 10.6 Å². The molecule has 1 saturated carbocycles. The first-order valence-corrected chi connectivity index (χ1v) is 6.70. The molecule has 1 aromatic rings. The maximum atomic E-state index is 11.8. The molecule has 7 heteroatoms. The summed E-state index contributed by atoms with van der Waals surface area (Å²) in [6.07, 6.45) is 2.16. The zero-order valence-corrected chi connectivity index (χ0v) is 11.9. The van der Waals surface area contributed by atoms with E-state index in [1.165, 1.54) is 13.1 Å². The fraction of sp³-hybridized carbons (Fsp3) is 0.429. The predicted molar refractivity (Wildman–Crippen MR) is 73.5 cm³/mol. The molecule has 1 aliphatic rings. The molecule has 0 unspecified atom stereocenters. The van der Waals surface area contributed by atoms with Crippen LogP contribution in [0.3, 0.4) is 0 Å². The Labute approximate surface area is 122 Å². The van der Waals surface area contributed by atoms with E-state index < -0.39 is 24.0 Å². The van der Waals surface area contributed by atoms with E-state index in [1.54, 1.807) is 19.1 Å². The molecule has 0 bridgehead atoms. The number of nitrogens with one attached hydrogen (secondary N) is 2. The Hall–Kier alpha value is -2.44. The summed E-state index contributed by atoms with van der Waals surface area (Å²) >= 11 is 0. The zero-order valence-electron chi connectivity index (χ0n) is 11.9. The van der Waals surface area contributed by atoms with Crippen molar-refractivity contribution in [1.29, 1.82) is 0 Å². The summed E-state index contributed by atoms with van der Waals surface area (Å²) in [6.45, 7) is 3.20. The first-order chi connectivity index (χ1) is 9.95. The first kappa shape index (κ1) is 15.0. The van der Waals surface area contributed by atoms with Gasteiger partial charge >= 0.3 is 12.0 Å². The number of amides is 3. The summed E-state index contributed by atoms with van der Waals surface area (Å²) in [5, 5.41) is 4.74. The Morgan fingerprint density at radius 3 is 2.62 bits per heavy atom. The minimum absolute atomic E-state index is 0.147. The average molecular weight is 291 g/mol. The molecule has 0 aliphatic heterocycles. The van der Waals surface area contributed by atoms with Gasteiger partial charge in [0.05, 0.1) is 5.56 Å². The lowest BCUT2D eigenvalue weighted by molar-refractivity contribution is -0.127. The predicted octanol–water partition coefficient (Wildman–Crippen LogP) is 0.924. The highest BCUT2D eigenvalue weighted by atomic mass is 16.5. The van der Waals surface area contributed by atoms with Crippen LogP contribution in [0, 0.1) is 6.92 Å². The van der Waals surface area contributed by atoms with Gasteiger partial charge in [-0.2, -0.15) is 0 Å². The number of esters is 1. The number of hydrogen-bond acceptors (Lipinski definition) is 5. The number of aromatic nitrogens is 1. The van der Waals surface area contributed by atoms with Crippen LogP contribution in [0.2, 0.25) is 0 Å². The molecule has 2 N–H and O–H groups in total. The number of imide groups is 1. The van der Waals surface area contributed by atoms with E-state index in [-0.39, 0.29) is 11.6 Å². The molecule has 2 rings (SSSR count). The zero-order chi connectivity index (χ0) is 15.4. The van der Waals surface area contributed by atoms with E-state index in [1.807, 2.05) is 0 Å². The largest absolute Gasteiger partial charge is 0.449 e. The molecule has 1 heterocycles. The topological polar surface area (TPSA) is 97.4 Å². The van der Waals surface area contributed by atoms with Crippen molar-refractivity contribution in [2.24, 2.45) is 0 Å².